The minimum Gasteiger partial charge on any atom is -0.495 e. The highest BCUT2D eigenvalue weighted by molar-refractivity contribution is 5.77. The lowest BCUT2D eigenvalue weighted by atomic mass is 10.1. The standard InChI is InChI=1S/C14H13NO2/c1-10-14(17-2)7-13(8-15-10)12-5-3-11(9-16)4-6-12/h3-9H,1-2H3. The molecule has 17 heavy (non-hydrogen) atoms. The topological polar surface area (TPSA) is 39.2 Å². The summed E-state index contributed by atoms with van der Waals surface area (Å²) in [5, 5.41) is 0. The fraction of sp³-hybridized carbons (Fsp3) is 0.143. The van der Waals surface area contributed by atoms with Crippen LogP contribution >= 0.6 is 0 Å². The van der Waals surface area contributed by atoms with Crippen molar-refractivity contribution in [2.45, 2.75) is 6.92 Å². The Hall–Kier alpha value is -2.16. The molecular formula is C14H13NO2. The molecule has 0 saturated heterocycles. The number of aldehydes is 1. The number of ether oxygens (including phenoxy) is 1. The van der Waals surface area contributed by atoms with Gasteiger partial charge >= 0.3 is 0 Å². The van der Waals surface area contributed by atoms with Crippen LogP contribution in [0.5, 0.6) is 5.75 Å². The zero-order valence-corrected chi connectivity index (χ0v) is 9.81. The Morgan fingerprint density at radius 1 is 1.18 bits per heavy atom. The van der Waals surface area contributed by atoms with Gasteiger partial charge < -0.3 is 4.74 Å². The van der Waals surface area contributed by atoms with Gasteiger partial charge in [0, 0.05) is 17.3 Å². The van der Waals surface area contributed by atoms with Crippen LogP contribution in [0.3, 0.4) is 0 Å². The normalized spacial score (nSPS) is 10.0. The number of benzene rings is 1. The molecule has 0 radical (unpaired) electrons. The van der Waals surface area contributed by atoms with Crippen molar-refractivity contribution in [1.29, 1.82) is 0 Å². The number of aromatic nitrogens is 1. The zero-order chi connectivity index (χ0) is 12.3. The van der Waals surface area contributed by atoms with Crippen molar-refractivity contribution in [1.82, 2.24) is 4.98 Å². The average molecular weight is 227 g/mol. The van der Waals surface area contributed by atoms with Crippen LogP contribution in [-0.4, -0.2) is 18.4 Å². The van der Waals surface area contributed by atoms with E-state index < -0.39 is 0 Å². The predicted molar refractivity (Wildman–Crippen MR) is 66.3 cm³/mol. The van der Waals surface area contributed by atoms with Crippen LogP contribution in [0, 0.1) is 6.92 Å². The van der Waals surface area contributed by atoms with Crippen molar-refractivity contribution in [3.63, 3.8) is 0 Å². The van der Waals surface area contributed by atoms with Gasteiger partial charge in [-0.1, -0.05) is 24.3 Å². The first-order chi connectivity index (χ1) is 8.24. The van der Waals surface area contributed by atoms with E-state index in [0.717, 1.165) is 28.9 Å². The molecule has 2 aromatic rings. The van der Waals surface area contributed by atoms with E-state index in [0.29, 0.717) is 5.56 Å². The Morgan fingerprint density at radius 2 is 1.88 bits per heavy atom. The third-order valence-electron chi connectivity index (χ3n) is 2.64. The lowest BCUT2D eigenvalue weighted by molar-refractivity contribution is 0.112. The fourth-order valence-corrected chi connectivity index (χ4v) is 1.63. The summed E-state index contributed by atoms with van der Waals surface area (Å²) in [7, 11) is 1.63. The molecule has 0 aliphatic rings. The second-order valence-corrected chi connectivity index (χ2v) is 3.75. The number of rotatable bonds is 3. The maximum Gasteiger partial charge on any atom is 0.150 e. The molecule has 3 nitrogen and oxygen atoms in total. The van der Waals surface area contributed by atoms with E-state index in [1.807, 2.05) is 25.1 Å². The Bertz CT molecular complexity index is 532. The quantitative estimate of drug-likeness (QED) is 0.757. The van der Waals surface area contributed by atoms with Crippen LogP contribution in [0.2, 0.25) is 0 Å². The van der Waals surface area contributed by atoms with Crippen molar-refractivity contribution in [3.05, 3.63) is 47.8 Å². The molecule has 0 unspecified atom stereocenters. The van der Waals surface area contributed by atoms with Crippen LogP contribution < -0.4 is 4.74 Å². The number of nitrogens with zero attached hydrogens (tertiary/aromatic N) is 1. The fourth-order valence-electron chi connectivity index (χ4n) is 1.63. The summed E-state index contributed by atoms with van der Waals surface area (Å²) in [6, 6.07) is 9.31. The monoisotopic (exact) mass is 227 g/mol. The zero-order valence-electron chi connectivity index (χ0n) is 9.81. The van der Waals surface area contributed by atoms with Gasteiger partial charge in [-0.3, -0.25) is 9.78 Å². The molecule has 0 aliphatic heterocycles. The second kappa shape index (κ2) is 4.78. The van der Waals surface area contributed by atoms with Crippen molar-refractivity contribution in [2.75, 3.05) is 7.11 Å². The van der Waals surface area contributed by atoms with E-state index in [-0.39, 0.29) is 0 Å². The molecule has 1 heterocycles. The Labute approximate surface area is 100 Å². The molecule has 0 atom stereocenters. The molecular weight excluding hydrogens is 214 g/mol. The van der Waals surface area contributed by atoms with E-state index in [1.54, 1.807) is 25.4 Å². The van der Waals surface area contributed by atoms with Gasteiger partial charge in [-0.25, -0.2) is 0 Å². The highest BCUT2D eigenvalue weighted by Gasteiger charge is 2.03. The summed E-state index contributed by atoms with van der Waals surface area (Å²) in [5.41, 5.74) is 3.52. The lowest BCUT2D eigenvalue weighted by Gasteiger charge is -2.07. The summed E-state index contributed by atoms with van der Waals surface area (Å²) in [6.45, 7) is 1.90. The van der Waals surface area contributed by atoms with E-state index in [4.69, 9.17) is 4.74 Å². The van der Waals surface area contributed by atoms with Crippen molar-refractivity contribution < 1.29 is 9.53 Å². The van der Waals surface area contributed by atoms with Gasteiger partial charge in [-0.05, 0) is 18.6 Å². The Kier molecular flexibility index (Phi) is 3.19. The van der Waals surface area contributed by atoms with E-state index >= 15 is 0 Å². The number of carbonyl (C=O) groups is 1. The van der Waals surface area contributed by atoms with Crippen molar-refractivity contribution in [3.8, 4) is 16.9 Å². The molecule has 3 heteroatoms. The van der Waals surface area contributed by atoms with Gasteiger partial charge in [-0.2, -0.15) is 0 Å². The molecule has 0 bridgehead atoms. The summed E-state index contributed by atoms with van der Waals surface area (Å²) in [5.74, 6) is 0.766. The van der Waals surface area contributed by atoms with Gasteiger partial charge in [0.25, 0.3) is 0 Å². The maximum atomic E-state index is 10.6. The van der Waals surface area contributed by atoms with E-state index in [2.05, 4.69) is 4.98 Å². The van der Waals surface area contributed by atoms with E-state index in [1.165, 1.54) is 0 Å². The third-order valence-corrected chi connectivity index (χ3v) is 2.64. The maximum absolute atomic E-state index is 10.6. The minimum atomic E-state index is 0.667. The summed E-state index contributed by atoms with van der Waals surface area (Å²) >= 11 is 0. The molecule has 1 aromatic heterocycles. The number of hydrogen-bond donors (Lipinski definition) is 0. The largest absolute Gasteiger partial charge is 0.495 e. The van der Waals surface area contributed by atoms with Crippen molar-refractivity contribution >= 4 is 6.29 Å². The summed E-state index contributed by atoms with van der Waals surface area (Å²) < 4.78 is 5.23. The van der Waals surface area contributed by atoms with Crippen LogP contribution in [-0.2, 0) is 0 Å². The van der Waals surface area contributed by atoms with Crippen LogP contribution in [0.15, 0.2) is 36.5 Å². The molecule has 2 rings (SSSR count). The lowest BCUT2D eigenvalue weighted by Crippen LogP contribution is -1.91. The number of carbonyl (C=O) groups excluding carboxylic acids is 1. The van der Waals surface area contributed by atoms with Gasteiger partial charge in [0.1, 0.15) is 12.0 Å². The molecule has 0 amide bonds. The van der Waals surface area contributed by atoms with Crippen LogP contribution in [0.1, 0.15) is 16.1 Å². The predicted octanol–water partition coefficient (Wildman–Crippen LogP) is 2.88. The van der Waals surface area contributed by atoms with Gasteiger partial charge in [0.05, 0.1) is 12.8 Å². The number of pyridine rings is 1. The van der Waals surface area contributed by atoms with Crippen LogP contribution in [0.25, 0.3) is 11.1 Å². The van der Waals surface area contributed by atoms with Crippen molar-refractivity contribution in [2.24, 2.45) is 0 Å². The summed E-state index contributed by atoms with van der Waals surface area (Å²) in [6.07, 6.45) is 2.63. The smallest absolute Gasteiger partial charge is 0.150 e. The second-order valence-electron chi connectivity index (χ2n) is 3.75. The van der Waals surface area contributed by atoms with Gasteiger partial charge in [0.2, 0.25) is 0 Å². The minimum absolute atomic E-state index is 0.667. The highest BCUT2D eigenvalue weighted by atomic mass is 16.5. The first-order valence-electron chi connectivity index (χ1n) is 5.31. The van der Waals surface area contributed by atoms with Crippen LogP contribution in [0.4, 0.5) is 0 Å². The molecule has 0 N–H and O–H groups in total. The first-order valence-corrected chi connectivity index (χ1v) is 5.31. The highest BCUT2D eigenvalue weighted by Crippen LogP contribution is 2.24. The Balaban J connectivity index is 2.41. The SMILES string of the molecule is COc1cc(-c2ccc(C=O)cc2)cnc1C. The number of aryl methyl sites for hydroxylation is 1. The average Bonchev–Trinajstić information content (AvgIpc) is 2.39. The molecule has 0 aliphatic carbocycles. The first kappa shape index (κ1) is 11.3. The molecule has 86 valence electrons. The Morgan fingerprint density at radius 3 is 2.47 bits per heavy atom. The molecule has 0 spiro atoms. The molecule has 0 saturated carbocycles. The molecule has 0 fully saturated rings. The summed E-state index contributed by atoms with van der Waals surface area (Å²) in [4.78, 5) is 14.8. The van der Waals surface area contributed by atoms with Gasteiger partial charge in [-0.15, -0.1) is 0 Å². The number of methoxy groups -OCH3 is 1. The van der Waals surface area contributed by atoms with Gasteiger partial charge in [0.15, 0.2) is 0 Å². The third kappa shape index (κ3) is 2.33. The van der Waals surface area contributed by atoms with E-state index in [9.17, 15) is 4.79 Å². The number of hydrogen-bond acceptors (Lipinski definition) is 3. The molecule has 1 aromatic carbocycles.